The molecule has 5 aliphatic rings. The molecule has 1 aliphatic carbocycles. The van der Waals surface area contributed by atoms with Crippen molar-refractivity contribution in [3.8, 4) is 11.5 Å². The van der Waals surface area contributed by atoms with Crippen molar-refractivity contribution in [3.63, 3.8) is 0 Å². The van der Waals surface area contributed by atoms with E-state index in [2.05, 4.69) is 4.99 Å². The predicted molar refractivity (Wildman–Crippen MR) is 177 cm³/mol. The number of nitrogens with two attached hydrogens (primary N) is 2. The molecule has 8 rings (SSSR count). The number of ether oxygens (including phenoxy) is 1. The van der Waals surface area contributed by atoms with Gasteiger partial charge in [0.1, 0.15) is 11.5 Å². The maximum absolute atomic E-state index is 12.8. The fourth-order valence-corrected chi connectivity index (χ4v) is 7.68. The Morgan fingerprint density at radius 1 is 0.957 bits per heavy atom. The average Bonchev–Trinajstić information content (AvgIpc) is 3.45. The van der Waals surface area contributed by atoms with Gasteiger partial charge in [0.15, 0.2) is 5.96 Å². The molecule has 1 fully saturated rings. The molecule has 0 spiro atoms. The van der Waals surface area contributed by atoms with Crippen molar-refractivity contribution in [1.82, 2.24) is 0 Å². The lowest BCUT2D eigenvalue weighted by atomic mass is 9.87. The van der Waals surface area contributed by atoms with Gasteiger partial charge in [0, 0.05) is 17.9 Å². The van der Waals surface area contributed by atoms with E-state index in [1.807, 2.05) is 36.4 Å². The summed E-state index contributed by atoms with van der Waals surface area (Å²) in [7, 11) is -4.49. The number of hydrogen-bond acceptors (Lipinski definition) is 7. The number of rotatable bonds is 8. The van der Waals surface area contributed by atoms with Gasteiger partial charge in [-0.25, -0.2) is 4.99 Å². The van der Waals surface area contributed by atoms with Gasteiger partial charge >= 0.3 is 0 Å². The molecule has 0 amide bonds. The first-order chi connectivity index (χ1) is 21.8. The Bertz CT molecular complexity index is 1630. The van der Waals surface area contributed by atoms with Gasteiger partial charge in [0.2, 0.25) is 5.72 Å². The summed E-state index contributed by atoms with van der Waals surface area (Å²) in [5.41, 5.74) is 12.6. The SMILES string of the molecule is NC(N)=NC1(CCC2(O)CCCC2)Oc2ccc(cc2)CCC(S(=O)(=O)O)C(C=CC(O)c2ccc(O)cc2)Cc2ccc1cc2. The van der Waals surface area contributed by atoms with Crippen molar-refractivity contribution in [2.24, 2.45) is 22.4 Å². The van der Waals surface area contributed by atoms with Crippen LogP contribution >= 0.6 is 0 Å². The minimum absolute atomic E-state index is 0.0633. The fraction of sp³-hybridized carbons (Fsp3) is 0.400. The second kappa shape index (κ2) is 13.8. The molecule has 246 valence electrons. The molecule has 8 N–H and O–H groups in total. The van der Waals surface area contributed by atoms with Crippen LogP contribution in [0.4, 0.5) is 0 Å². The molecule has 0 saturated heterocycles. The number of aryl methyl sites for hydroxylation is 1. The first-order valence-corrected chi connectivity index (χ1v) is 17.2. The summed E-state index contributed by atoms with van der Waals surface area (Å²) in [6.07, 6.45) is 6.89. The third kappa shape index (κ3) is 8.27. The number of guanidine groups is 1. The smallest absolute Gasteiger partial charge is 0.268 e. The van der Waals surface area contributed by atoms with E-state index in [4.69, 9.17) is 16.2 Å². The van der Waals surface area contributed by atoms with E-state index >= 15 is 0 Å². The Hall–Kier alpha value is -3.90. The fourth-order valence-electron chi connectivity index (χ4n) is 6.63. The number of phenols is 1. The lowest BCUT2D eigenvalue weighted by molar-refractivity contribution is -0.00349. The summed E-state index contributed by atoms with van der Waals surface area (Å²) in [6.45, 7) is 0. The van der Waals surface area contributed by atoms with E-state index in [1.165, 1.54) is 18.2 Å². The number of benzene rings is 3. The molecule has 4 bridgehead atoms. The van der Waals surface area contributed by atoms with E-state index < -0.39 is 38.7 Å². The lowest BCUT2D eigenvalue weighted by Gasteiger charge is -2.34. The monoisotopic (exact) mass is 649 g/mol. The third-order valence-corrected chi connectivity index (χ3v) is 10.6. The third-order valence-electron chi connectivity index (χ3n) is 9.21. The average molecular weight is 650 g/mol. The van der Waals surface area contributed by atoms with Crippen molar-refractivity contribution >= 4 is 16.1 Å². The van der Waals surface area contributed by atoms with Crippen LogP contribution in [0.5, 0.6) is 11.5 Å². The van der Waals surface area contributed by atoms with Gasteiger partial charge in [-0.3, -0.25) is 4.55 Å². The van der Waals surface area contributed by atoms with Crippen LogP contribution in [0.25, 0.3) is 0 Å². The number of hydrogen-bond donors (Lipinski definition) is 6. The highest BCUT2D eigenvalue weighted by Crippen LogP contribution is 2.41. The second-order valence-electron chi connectivity index (χ2n) is 12.6. The highest BCUT2D eigenvalue weighted by Gasteiger charge is 2.40. The number of aliphatic hydroxyl groups is 2. The highest BCUT2D eigenvalue weighted by molar-refractivity contribution is 7.86. The minimum atomic E-state index is -4.49. The van der Waals surface area contributed by atoms with E-state index in [0.29, 0.717) is 49.0 Å². The molecule has 4 heterocycles. The van der Waals surface area contributed by atoms with Crippen LogP contribution in [-0.2, 0) is 28.7 Å². The number of allylic oxidation sites excluding steroid dienone is 1. The topological polar surface area (TPSA) is 189 Å². The van der Waals surface area contributed by atoms with E-state index in [9.17, 15) is 28.3 Å². The molecule has 0 aromatic heterocycles. The van der Waals surface area contributed by atoms with E-state index in [-0.39, 0.29) is 24.6 Å². The van der Waals surface area contributed by atoms with Crippen LogP contribution < -0.4 is 16.2 Å². The first kappa shape index (κ1) is 33.5. The second-order valence-corrected chi connectivity index (χ2v) is 14.2. The van der Waals surface area contributed by atoms with Crippen LogP contribution in [0.1, 0.15) is 73.3 Å². The van der Waals surface area contributed by atoms with Crippen molar-refractivity contribution in [3.05, 3.63) is 107 Å². The molecule has 0 radical (unpaired) electrons. The van der Waals surface area contributed by atoms with Gasteiger partial charge in [-0.2, -0.15) is 8.42 Å². The number of phenolic OH excluding ortho intramolecular Hbond substituents is 1. The van der Waals surface area contributed by atoms with Crippen molar-refractivity contribution in [2.75, 3.05) is 0 Å². The molecule has 4 unspecified atom stereocenters. The minimum Gasteiger partial charge on any atom is -0.508 e. The van der Waals surface area contributed by atoms with Gasteiger partial charge in [-0.1, -0.05) is 73.5 Å². The molecule has 3 aromatic carbocycles. The zero-order valence-corrected chi connectivity index (χ0v) is 26.5. The summed E-state index contributed by atoms with van der Waals surface area (Å²) in [6, 6.07) is 20.7. The van der Waals surface area contributed by atoms with Crippen molar-refractivity contribution in [1.29, 1.82) is 0 Å². The molecular formula is C35H43N3O7S. The van der Waals surface area contributed by atoms with E-state index in [1.54, 1.807) is 30.3 Å². The Kier molecular flexibility index (Phi) is 10.1. The highest BCUT2D eigenvalue weighted by atomic mass is 32.2. The summed E-state index contributed by atoms with van der Waals surface area (Å²) in [5.74, 6) is -0.285. The quantitative estimate of drug-likeness (QED) is 0.0875. The van der Waals surface area contributed by atoms with Crippen LogP contribution in [0.15, 0.2) is 89.9 Å². The summed E-state index contributed by atoms with van der Waals surface area (Å²) in [4.78, 5) is 4.61. The van der Waals surface area contributed by atoms with Crippen LogP contribution in [0, 0.1) is 5.92 Å². The largest absolute Gasteiger partial charge is 0.508 e. The molecule has 3 aromatic rings. The van der Waals surface area contributed by atoms with Crippen molar-refractivity contribution < 1.29 is 33.0 Å². The number of nitrogens with zero attached hydrogens (tertiary/aromatic N) is 1. The standard InChI is InChI=1S/C35H43N3O7S/c36-33(37)38-35(22-21-34(41)19-1-2-20-34)28-11-3-25(4-12-28)23-27(10-17-31(40)26-8-13-29(39)14-9-26)32(46(42,43)44)18-7-24-5-15-30(45-35)16-6-24/h3-6,8-17,27,31-32,39-41H,1-2,7,18-23H2,(H4,36,37,38)(H,42,43,44). The maximum atomic E-state index is 12.8. The normalized spacial score (nSPS) is 23.8. The van der Waals surface area contributed by atoms with Gasteiger partial charge in [0.05, 0.1) is 17.0 Å². The molecule has 10 nitrogen and oxygen atoms in total. The zero-order chi connectivity index (χ0) is 33.0. The van der Waals surface area contributed by atoms with Crippen LogP contribution in [0.2, 0.25) is 0 Å². The number of aliphatic imine (C=N–C) groups is 1. The van der Waals surface area contributed by atoms with Gasteiger partial charge < -0.3 is 31.5 Å². The maximum Gasteiger partial charge on any atom is 0.268 e. The Labute approximate surface area is 270 Å². The Balaban J connectivity index is 1.55. The summed E-state index contributed by atoms with van der Waals surface area (Å²) >= 11 is 0. The lowest BCUT2D eigenvalue weighted by Crippen LogP contribution is -2.39. The molecule has 46 heavy (non-hydrogen) atoms. The Morgan fingerprint density at radius 3 is 2.20 bits per heavy atom. The van der Waals surface area contributed by atoms with Gasteiger partial charge in [0.25, 0.3) is 10.1 Å². The first-order valence-electron chi connectivity index (χ1n) is 15.7. The molecular weight excluding hydrogens is 606 g/mol. The van der Waals surface area contributed by atoms with Crippen LogP contribution in [0.3, 0.4) is 0 Å². The molecule has 4 atom stereocenters. The molecule has 4 aliphatic heterocycles. The molecule has 11 heteroatoms. The van der Waals surface area contributed by atoms with Gasteiger partial charge in [-0.05, 0) is 79.5 Å². The number of aliphatic hydroxyl groups excluding tert-OH is 1. The van der Waals surface area contributed by atoms with Gasteiger partial charge in [-0.15, -0.1) is 0 Å². The summed E-state index contributed by atoms with van der Waals surface area (Å²) in [5, 5.41) is 30.5. The zero-order valence-electron chi connectivity index (χ0n) is 25.7. The number of aromatic hydroxyl groups is 1. The molecule has 1 saturated carbocycles. The van der Waals surface area contributed by atoms with E-state index in [0.717, 1.165) is 24.0 Å². The van der Waals surface area contributed by atoms with Crippen molar-refractivity contribution in [2.45, 2.75) is 80.5 Å². The Morgan fingerprint density at radius 2 is 1.59 bits per heavy atom. The van der Waals surface area contributed by atoms with Crippen LogP contribution in [-0.4, -0.2) is 45.1 Å². The summed E-state index contributed by atoms with van der Waals surface area (Å²) < 4.78 is 42.6. The predicted octanol–water partition coefficient (Wildman–Crippen LogP) is 4.63.